The van der Waals surface area contributed by atoms with Gasteiger partial charge in [-0.3, -0.25) is 14.9 Å². The average Bonchev–Trinajstić information content (AvgIpc) is 2.67. The van der Waals surface area contributed by atoms with Gasteiger partial charge < -0.3 is 15.1 Å². The Morgan fingerprint density at radius 1 is 1.10 bits per heavy atom. The van der Waals surface area contributed by atoms with Crippen molar-refractivity contribution in [3.63, 3.8) is 0 Å². The van der Waals surface area contributed by atoms with Crippen molar-refractivity contribution in [3.05, 3.63) is 63.5 Å². The maximum Gasteiger partial charge on any atom is 0.416 e. The molecule has 0 unspecified atom stereocenters. The molecule has 7 nitrogen and oxygen atoms in total. The van der Waals surface area contributed by atoms with Crippen LogP contribution in [-0.4, -0.2) is 49.0 Å². The molecular formula is C19H18F4N4O3. The van der Waals surface area contributed by atoms with E-state index in [0.717, 1.165) is 19.2 Å². The van der Waals surface area contributed by atoms with Gasteiger partial charge in [-0.05, 0) is 31.3 Å². The van der Waals surface area contributed by atoms with E-state index in [-0.39, 0.29) is 11.4 Å². The standard InChI is InChI=1S/C19H18F4N4O3/c1-25-4-6-26(7-5-25)17-3-2-15(27(29)30)11-16(17)24-18(28)12-8-13(19(21,22)23)10-14(20)9-12/h2-3,8-11H,4-7H2,1H3,(H,24,28). The van der Waals surface area contributed by atoms with Crippen LogP contribution in [0.15, 0.2) is 36.4 Å². The molecule has 0 spiro atoms. The van der Waals surface area contributed by atoms with Crippen molar-refractivity contribution in [1.29, 1.82) is 0 Å². The van der Waals surface area contributed by atoms with E-state index in [1.54, 1.807) is 0 Å². The van der Waals surface area contributed by atoms with E-state index in [0.29, 0.717) is 37.0 Å². The molecule has 0 bridgehead atoms. The second-order valence-corrected chi connectivity index (χ2v) is 6.93. The third-order valence-corrected chi connectivity index (χ3v) is 4.77. The number of alkyl halides is 3. The molecule has 1 saturated heterocycles. The van der Waals surface area contributed by atoms with Gasteiger partial charge in [0.15, 0.2) is 0 Å². The lowest BCUT2D eigenvalue weighted by Gasteiger charge is -2.35. The Labute approximate surface area is 169 Å². The van der Waals surface area contributed by atoms with Crippen molar-refractivity contribution in [2.24, 2.45) is 0 Å². The molecule has 0 aromatic heterocycles. The van der Waals surface area contributed by atoms with E-state index >= 15 is 0 Å². The first-order valence-corrected chi connectivity index (χ1v) is 8.95. The number of benzene rings is 2. The molecule has 0 aliphatic carbocycles. The molecule has 1 heterocycles. The van der Waals surface area contributed by atoms with E-state index in [9.17, 15) is 32.5 Å². The molecule has 1 amide bonds. The number of nitro benzene ring substituents is 1. The third-order valence-electron chi connectivity index (χ3n) is 4.77. The number of rotatable bonds is 4. The quantitative estimate of drug-likeness (QED) is 0.458. The van der Waals surface area contributed by atoms with Crippen LogP contribution in [-0.2, 0) is 6.18 Å². The zero-order valence-electron chi connectivity index (χ0n) is 15.9. The lowest BCUT2D eigenvalue weighted by molar-refractivity contribution is -0.384. The molecule has 2 aromatic carbocycles. The second-order valence-electron chi connectivity index (χ2n) is 6.93. The Morgan fingerprint density at radius 3 is 2.37 bits per heavy atom. The number of carbonyl (C=O) groups excluding carboxylic acids is 1. The highest BCUT2D eigenvalue weighted by Gasteiger charge is 2.32. The predicted molar refractivity (Wildman–Crippen MR) is 102 cm³/mol. The van der Waals surface area contributed by atoms with E-state index in [2.05, 4.69) is 10.2 Å². The molecule has 1 fully saturated rings. The van der Waals surface area contributed by atoms with E-state index < -0.39 is 34.0 Å². The summed E-state index contributed by atoms with van der Waals surface area (Å²) in [5.41, 5.74) is -1.58. The number of nitro groups is 1. The topological polar surface area (TPSA) is 78.7 Å². The minimum Gasteiger partial charge on any atom is -0.367 e. The lowest BCUT2D eigenvalue weighted by Crippen LogP contribution is -2.44. The van der Waals surface area contributed by atoms with E-state index in [4.69, 9.17) is 0 Å². The van der Waals surface area contributed by atoms with Gasteiger partial charge in [0.1, 0.15) is 5.82 Å². The minimum absolute atomic E-state index is 0.0663. The van der Waals surface area contributed by atoms with Crippen LogP contribution in [0.4, 0.5) is 34.6 Å². The summed E-state index contributed by atoms with van der Waals surface area (Å²) in [7, 11) is 1.94. The zero-order valence-corrected chi connectivity index (χ0v) is 15.9. The summed E-state index contributed by atoms with van der Waals surface area (Å²) in [4.78, 5) is 27.1. The maximum absolute atomic E-state index is 13.7. The monoisotopic (exact) mass is 426 g/mol. The number of amides is 1. The summed E-state index contributed by atoms with van der Waals surface area (Å²) in [5.74, 6) is -2.22. The van der Waals surface area contributed by atoms with Gasteiger partial charge in [0, 0.05) is 43.9 Å². The molecule has 0 saturated carbocycles. The fourth-order valence-electron chi connectivity index (χ4n) is 3.14. The Bertz CT molecular complexity index is 973. The molecule has 1 aliphatic heterocycles. The molecule has 160 valence electrons. The molecule has 30 heavy (non-hydrogen) atoms. The van der Waals surface area contributed by atoms with Crippen molar-refractivity contribution in [3.8, 4) is 0 Å². The Morgan fingerprint density at radius 2 is 1.77 bits per heavy atom. The number of halogens is 4. The highest BCUT2D eigenvalue weighted by Crippen LogP contribution is 2.33. The van der Waals surface area contributed by atoms with Gasteiger partial charge in [0.2, 0.25) is 0 Å². The first-order chi connectivity index (χ1) is 14.0. The van der Waals surface area contributed by atoms with Gasteiger partial charge in [-0.15, -0.1) is 0 Å². The molecule has 3 rings (SSSR count). The number of piperazine rings is 1. The third kappa shape index (κ3) is 4.85. The molecule has 11 heteroatoms. The van der Waals surface area contributed by atoms with Gasteiger partial charge in [-0.1, -0.05) is 0 Å². The highest BCUT2D eigenvalue weighted by atomic mass is 19.4. The fourth-order valence-corrected chi connectivity index (χ4v) is 3.14. The summed E-state index contributed by atoms with van der Waals surface area (Å²) in [6, 6.07) is 5.40. The Balaban J connectivity index is 1.94. The van der Waals surface area contributed by atoms with Crippen molar-refractivity contribution in [2.75, 3.05) is 43.4 Å². The number of non-ortho nitro benzene ring substituents is 1. The Kier molecular flexibility index (Phi) is 5.92. The van der Waals surface area contributed by atoms with Crippen LogP contribution in [0.1, 0.15) is 15.9 Å². The summed E-state index contributed by atoms with van der Waals surface area (Å²) >= 11 is 0. The summed E-state index contributed by atoms with van der Waals surface area (Å²) in [6.07, 6.45) is -4.83. The van der Waals surface area contributed by atoms with Crippen molar-refractivity contribution >= 4 is 23.0 Å². The number of hydrogen-bond acceptors (Lipinski definition) is 5. The van der Waals surface area contributed by atoms with Crippen LogP contribution in [0, 0.1) is 15.9 Å². The van der Waals surface area contributed by atoms with E-state index in [1.165, 1.54) is 12.1 Å². The fraction of sp³-hybridized carbons (Fsp3) is 0.316. The molecular weight excluding hydrogens is 408 g/mol. The summed E-state index contributed by atoms with van der Waals surface area (Å²) in [5, 5.41) is 13.5. The number of nitrogens with one attached hydrogen (secondary N) is 1. The summed E-state index contributed by atoms with van der Waals surface area (Å²) < 4.78 is 52.5. The smallest absolute Gasteiger partial charge is 0.367 e. The SMILES string of the molecule is CN1CCN(c2ccc([N+](=O)[O-])cc2NC(=O)c2cc(F)cc(C(F)(F)F)c2)CC1. The first-order valence-electron chi connectivity index (χ1n) is 8.95. The van der Waals surface area contributed by atoms with Crippen molar-refractivity contribution in [1.82, 2.24) is 4.90 Å². The average molecular weight is 426 g/mol. The Hall–Kier alpha value is -3.21. The largest absolute Gasteiger partial charge is 0.416 e. The van der Waals surface area contributed by atoms with E-state index in [1.807, 2.05) is 11.9 Å². The van der Waals surface area contributed by atoms with Crippen LogP contribution in [0.5, 0.6) is 0 Å². The summed E-state index contributed by atoms with van der Waals surface area (Å²) in [6.45, 7) is 2.64. The van der Waals surface area contributed by atoms with Gasteiger partial charge in [0.25, 0.3) is 11.6 Å². The van der Waals surface area contributed by atoms with Gasteiger partial charge in [-0.2, -0.15) is 13.2 Å². The van der Waals surface area contributed by atoms with Gasteiger partial charge in [0.05, 0.1) is 21.9 Å². The van der Waals surface area contributed by atoms with Crippen LogP contribution < -0.4 is 10.2 Å². The molecule has 0 atom stereocenters. The van der Waals surface area contributed by atoms with Crippen LogP contribution >= 0.6 is 0 Å². The van der Waals surface area contributed by atoms with Gasteiger partial charge in [-0.25, -0.2) is 4.39 Å². The number of likely N-dealkylation sites (N-methyl/N-ethyl adjacent to an activating group) is 1. The lowest BCUT2D eigenvalue weighted by atomic mass is 10.1. The van der Waals surface area contributed by atoms with Crippen molar-refractivity contribution in [2.45, 2.75) is 6.18 Å². The first kappa shape index (κ1) is 21.5. The second kappa shape index (κ2) is 8.27. The number of carbonyl (C=O) groups is 1. The molecule has 2 aromatic rings. The molecule has 1 N–H and O–H groups in total. The van der Waals surface area contributed by atoms with Gasteiger partial charge >= 0.3 is 6.18 Å². The highest BCUT2D eigenvalue weighted by molar-refractivity contribution is 6.06. The van der Waals surface area contributed by atoms with Crippen LogP contribution in [0.3, 0.4) is 0 Å². The molecule has 0 radical (unpaired) electrons. The van der Waals surface area contributed by atoms with Crippen LogP contribution in [0.2, 0.25) is 0 Å². The maximum atomic E-state index is 13.7. The minimum atomic E-state index is -4.83. The number of anilines is 2. The molecule has 1 aliphatic rings. The zero-order chi connectivity index (χ0) is 22.1. The van der Waals surface area contributed by atoms with Crippen molar-refractivity contribution < 1.29 is 27.3 Å². The number of nitrogens with zero attached hydrogens (tertiary/aromatic N) is 3. The predicted octanol–water partition coefficient (Wildman–Crippen LogP) is 3.76. The van der Waals surface area contributed by atoms with Crippen LogP contribution in [0.25, 0.3) is 0 Å². The normalized spacial score (nSPS) is 15.2. The number of hydrogen-bond donors (Lipinski definition) is 1.